The molecule has 0 bridgehead atoms. The number of benzene rings is 2. The molecule has 0 aliphatic carbocycles. The maximum absolute atomic E-state index is 12.3. The third kappa shape index (κ3) is 3.97. The second-order valence-electron chi connectivity index (χ2n) is 6.84. The largest absolute Gasteiger partial charge is 1.00 e. The Kier molecular flexibility index (Phi) is 7.03. The Morgan fingerprint density at radius 2 is 1.68 bits per heavy atom. The van der Waals surface area contributed by atoms with Gasteiger partial charge in [0.05, 0.1) is 14.1 Å². The van der Waals surface area contributed by atoms with Gasteiger partial charge in [0.2, 0.25) is 0 Å². The first-order valence-electron chi connectivity index (χ1n) is 9.49. The van der Waals surface area contributed by atoms with E-state index in [0.29, 0.717) is 0 Å². The number of aromatic nitrogens is 2. The van der Waals surface area contributed by atoms with Gasteiger partial charge in [-0.1, -0.05) is 36.4 Å². The number of hydrogen-bond acceptors (Lipinski definition) is 2. The molecule has 148 valence electrons. The average Bonchev–Trinajstić information content (AvgIpc) is 2.69. The minimum atomic E-state index is -0.0172. The predicted molar refractivity (Wildman–Crippen MR) is 114 cm³/mol. The van der Waals surface area contributed by atoms with E-state index in [4.69, 9.17) is 0 Å². The lowest BCUT2D eigenvalue weighted by atomic mass is 10.0. The van der Waals surface area contributed by atoms with Crippen LogP contribution in [0.1, 0.15) is 30.8 Å². The minimum absolute atomic E-state index is 0. The Morgan fingerprint density at radius 1 is 1.04 bits per heavy atom. The van der Waals surface area contributed by atoms with Crippen molar-refractivity contribution in [3.05, 3.63) is 69.9 Å². The van der Waals surface area contributed by atoms with E-state index >= 15 is 0 Å². The Balaban J connectivity index is 0.00000280. The second-order valence-corrected chi connectivity index (χ2v) is 6.84. The van der Waals surface area contributed by atoms with E-state index in [2.05, 4.69) is 61.2 Å². The Labute approximate surface area is 173 Å². The van der Waals surface area contributed by atoms with Crippen LogP contribution in [0.4, 0.5) is 5.69 Å². The van der Waals surface area contributed by atoms with Crippen LogP contribution in [0.2, 0.25) is 0 Å². The van der Waals surface area contributed by atoms with Crippen LogP contribution < -0.4 is 27.6 Å². The van der Waals surface area contributed by atoms with E-state index in [1.165, 1.54) is 16.5 Å². The van der Waals surface area contributed by atoms with Gasteiger partial charge in [-0.15, -0.1) is 0 Å². The van der Waals surface area contributed by atoms with Gasteiger partial charge in [0.25, 0.3) is 0 Å². The fourth-order valence-electron chi connectivity index (χ4n) is 3.52. The van der Waals surface area contributed by atoms with E-state index in [1.54, 1.807) is 16.2 Å². The van der Waals surface area contributed by atoms with Crippen LogP contribution in [-0.2, 0) is 14.1 Å². The van der Waals surface area contributed by atoms with Crippen molar-refractivity contribution in [1.29, 1.82) is 0 Å². The zero-order valence-electron chi connectivity index (χ0n) is 17.2. The normalized spacial score (nSPS) is 11.0. The van der Waals surface area contributed by atoms with Crippen LogP contribution in [-0.4, -0.2) is 17.7 Å². The van der Waals surface area contributed by atoms with Crippen molar-refractivity contribution < 1.29 is 17.0 Å². The molecule has 0 radical (unpaired) electrons. The van der Waals surface area contributed by atoms with Crippen LogP contribution in [0.5, 0.6) is 0 Å². The number of anilines is 1. The summed E-state index contributed by atoms with van der Waals surface area (Å²) in [5, 5.41) is 2.48. The lowest BCUT2D eigenvalue weighted by Gasteiger charge is -2.23. The van der Waals surface area contributed by atoms with E-state index in [-0.39, 0.29) is 18.1 Å². The number of aryl methyl sites for hydroxylation is 1. The van der Waals surface area contributed by atoms with Crippen molar-refractivity contribution in [2.75, 3.05) is 18.0 Å². The molecule has 1 aromatic heterocycles. The van der Waals surface area contributed by atoms with E-state index in [1.807, 2.05) is 26.1 Å². The quantitative estimate of drug-likeness (QED) is 0.593. The Bertz CT molecular complexity index is 1070. The van der Waals surface area contributed by atoms with Gasteiger partial charge >= 0.3 is 5.69 Å². The van der Waals surface area contributed by atoms with Crippen molar-refractivity contribution in [1.82, 2.24) is 4.57 Å². The lowest BCUT2D eigenvalue weighted by Crippen LogP contribution is -3.00. The molecular weight excluding hydrogens is 370 g/mol. The number of halogens is 1. The summed E-state index contributed by atoms with van der Waals surface area (Å²) in [5.41, 5.74) is 4.24. The molecule has 5 heteroatoms. The molecule has 0 unspecified atom stereocenters. The highest BCUT2D eigenvalue weighted by molar-refractivity contribution is 6.00. The van der Waals surface area contributed by atoms with Gasteiger partial charge in [-0.25, -0.2) is 0 Å². The van der Waals surface area contributed by atoms with Crippen LogP contribution in [0.15, 0.2) is 47.3 Å². The number of nitrogens with zero attached hydrogens (tertiary/aromatic N) is 3. The Morgan fingerprint density at radius 3 is 2.32 bits per heavy atom. The monoisotopic (exact) mass is 397 g/mol. The zero-order chi connectivity index (χ0) is 19.6. The van der Waals surface area contributed by atoms with Crippen LogP contribution >= 0.6 is 0 Å². The van der Waals surface area contributed by atoms with Gasteiger partial charge in [-0.2, -0.15) is 13.9 Å². The summed E-state index contributed by atoms with van der Waals surface area (Å²) in [5.74, 6) is 0. The third-order valence-corrected chi connectivity index (χ3v) is 5.32. The topological polar surface area (TPSA) is 29.1 Å². The smallest absolute Gasteiger partial charge is 0.498 e. The zero-order valence-corrected chi connectivity index (χ0v) is 18.0. The molecule has 0 atom stereocenters. The highest BCUT2D eigenvalue weighted by Gasteiger charge is 2.12. The molecule has 0 spiro atoms. The molecule has 0 amide bonds. The standard InChI is InChI=1S/C23H28N3O.ClH/c1-6-26(7-2)22-15-13-18(20-10-8-9-11-21(20)22)12-14-19-16-17(3)24(4)23(27)25(19)5;/h8-16H,6-7H2,1-5H3;1H/q+1;/p-1. The molecule has 2 aromatic carbocycles. The summed E-state index contributed by atoms with van der Waals surface area (Å²) in [6, 6.07) is 14.9. The summed E-state index contributed by atoms with van der Waals surface area (Å²) in [7, 11) is 3.60. The fourth-order valence-corrected chi connectivity index (χ4v) is 3.52. The summed E-state index contributed by atoms with van der Waals surface area (Å²) in [6.45, 7) is 8.29. The van der Waals surface area contributed by atoms with Gasteiger partial charge in [-0.05, 0) is 43.9 Å². The van der Waals surface area contributed by atoms with E-state index < -0.39 is 0 Å². The molecule has 1 heterocycles. The highest BCUT2D eigenvalue weighted by Crippen LogP contribution is 2.30. The van der Waals surface area contributed by atoms with E-state index in [9.17, 15) is 4.79 Å². The molecule has 4 nitrogen and oxygen atoms in total. The molecule has 3 rings (SSSR count). The SMILES string of the molecule is CCN(CC)c1ccc(C=Cc2cc(C)n(C)c(=O)[n+]2C)c2ccccc12.[Cl-]. The molecule has 0 N–H and O–H groups in total. The molecule has 0 aliphatic heterocycles. The van der Waals surface area contributed by atoms with Crippen molar-refractivity contribution in [2.45, 2.75) is 20.8 Å². The second kappa shape index (κ2) is 9.07. The van der Waals surface area contributed by atoms with Crippen LogP contribution in [0.3, 0.4) is 0 Å². The molecule has 0 saturated carbocycles. The van der Waals surface area contributed by atoms with Crippen molar-refractivity contribution in [3.63, 3.8) is 0 Å². The van der Waals surface area contributed by atoms with Crippen LogP contribution in [0, 0.1) is 6.92 Å². The first kappa shape index (κ1) is 21.7. The molecule has 3 aromatic rings. The number of hydrogen-bond donors (Lipinski definition) is 0. The predicted octanol–water partition coefficient (Wildman–Crippen LogP) is 0.692. The van der Waals surface area contributed by atoms with Gasteiger partial charge in [0, 0.05) is 30.2 Å². The van der Waals surface area contributed by atoms with Crippen LogP contribution in [0.25, 0.3) is 22.9 Å². The number of fused-ring (bicyclic) bond motifs is 1. The summed E-state index contributed by atoms with van der Waals surface area (Å²) in [4.78, 5) is 14.7. The average molecular weight is 398 g/mol. The number of rotatable bonds is 5. The van der Waals surface area contributed by atoms with Crippen molar-refractivity contribution >= 4 is 28.6 Å². The fraction of sp³-hybridized carbons (Fsp3) is 0.304. The molecular formula is C23H28ClN3O. The molecule has 0 saturated heterocycles. The molecule has 28 heavy (non-hydrogen) atoms. The van der Waals surface area contributed by atoms with Gasteiger partial charge in [0.15, 0.2) is 0 Å². The summed E-state index contributed by atoms with van der Waals surface area (Å²) >= 11 is 0. The third-order valence-electron chi connectivity index (χ3n) is 5.32. The van der Waals surface area contributed by atoms with E-state index in [0.717, 1.165) is 30.0 Å². The first-order valence-corrected chi connectivity index (χ1v) is 9.49. The molecule has 0 fully saturated rings. The Hall–Kier alpha value is -2.59. The highest BCUT2D eigenvalue weighted by atomic mass is 35.5. The maximum atomic E-state index is 12.3. The molecule has 0 aliphatic rings. The summed E-state index contributed by atoms with van der Waals surface area (Å²) < 4.78 is 3.33. The van der Waals surface area contributed by atoms with Gasteiger partial charge < -0.3 is 17.3 Å². The summed E-state index contributed by atoms with van der Waals surface area (Å²) in [6.07, 6.45) is 4.12. The van der Waals surface area contributed by atoms with Crippen molar-refractivity contribution in [3.8, 4) is 0 Å². The van der Waals surface area contributed by atoms with Gasteiger partial charge in [0.1, 0.15) is 11.4 Å². The lowest BCUT2D eigenvalue weighted by molar-refractivity contribution is -0.692. The minimum Gasteiger partial charge on any atom is -1.00 e. The van der Waals surface area contributed by atoms with Gasteiger partial charge in [-0.3, -0.25) is 0 Å². The maximum Gasteiger partial charge on any atom is 0.498 e. The van der Waals surface area contributed by atoms with Crippen molar-refractivity contribution in [2.24, 2.45) is 14.1 Å². The first-order chi connectivity index (χ1) is 13.0.